The smallest absolute Gasteiger partial charge is 0.316 e. The molecule has 2 aromatic carbocycles. The fraction of sp³-hybridized carbons (Fsp3) is 0.280. The summed E-state index contributed by atoms with van der Waals surface area (Å²) in [5.41, 5.74) is 15.9. The number of nitrogens with one attached hydrogen (secondary N) is 2. The van der Waals surface area contributed by atoms with Crippen LogP contribution < -0.4 is 27.8 Å². The number of aliphatic imine (C=N–C) groups is 1. The van der Waals surface area contributed by atoms with Gasteiger partial charge in [0.1, 0.15) is 0 Å². The van der Waals surface area contributed by atoms with E-state index in [-0.39, 0.29) is 18.4 Å². The Morgan fingerprint density at radius 2 is 1.72 bits per heavy atom. The molecule has 3 rings (SSSR count). The lowest BCUT2D eigenvalue weighted by Crippen LogP contribution is -2.45. The molecule has 1 atom stereocenters. The van der Waals surface area contributed by atoms with Crippen molar-refractivity contribution < 1.29 is 18.8 Å². The standard InChI is InChI=1S/C15H18FN3O2.C8H10N2O.C2H6N2/c1-2-13(20)19-9-3-8-15(16,10-19)11-4-6-12(7-5-11)18-14(17)21;1-10-8(11)6-2-4-7(9)5-3-6;1-4-2-3/h2,4-7H,1,3,8-10H2,(H3,17,18,21);2-5H,9H2,1H3,(H,10,11);2H,1H3,(H2,3,4). The lowest BCUT2D eigenvalue weighted by Gasteiger charge is -2.37. The Morgan fingerprint density at radius 1 is 1.14 bits per heavy atom. The van der Waals surface area contributed by atoms with Gasteiger partial charge in [-0.05, 0) is 60.9 Å². The number of nitrogen functional groups attached to an aromatic ring is 1. The number of urea groups is 1. The minimum atomic E-state index is -1.58. The summed E-state index contributed by atoms with van der Waals surface area (Å²) < 4.78 is 15.1. The van der Waals surface area contributed by atoms with Gasteiger partial charge in [-0.2, -0.15) is 0 Å². The van der Waals surface area contributed by atoms with Gasteiger partial charge >= 0.3 is 6.03 Å². The molecule has 1 aliphatic heterocycles. The maximum atomic E-state index is 15.1. The summed E-state index contributed by atoms with van der Waals surface area (Å²) in [5, 5.41) is 4.94. The number of amides is 4. The molecular formula is C25H34FN7O3. The van der Waals surface area contributed by atoms with Crippen LogP contribution in [0, 0.1) is 0 Å². The molecular weight excluding hydrogens is 465 g/mol. The normalized spacial score (nSPS) is 16.5. The lowest BCUT2D eigenvalue weighted by molar-refractivity contribution is -0.130. The van der Waals surface area contributed by atoms with Gasteiger partial charge in [-0.25, -0.2) is 9.18 Å². The minimum absolute atomic E-state index is 0.0143. The van der Waals surface area contributed by atoms with Crippen LogP contribution in [0.25, 0.3) is 0 Å². The van der Waals surface area contributed by atoms with Crippen LogP contribution in [0.3, 0.4) is 0 Å². The molecule has 1 fully saturated rings. The molecule has 36 heavy (non-hydrogen) atoms. The molecule has 1 aliphatic rings. The lowest BCUT2D eigenvalue weighted by atomic mass is 9.87. The first-order chi connectivity index (χ1) is 17.1. The highest BCUT2D eigenvalue weighted by Crippen LogP contribution is 2.36. The predicted octanol–water partition coefficient (Wildman–Crippen LogP) is 2.38. The molecule has 0 saturated carbocycles. The quantitative estimate of drug-likeness (QED) is 0.188. The predicted molar refractivity (Wildman–Crippen MR) is 141 cm³/mol. The van der Waals surface area contributed by atoms with Crippen molar-refractivity contribution in [3.05, 3.63) is 72.3 Å². The van der Waals surface area contributed by atoms with Crippen molar-refractivity contribution >= 4 is 35.6 Å². The average molecular weight is 500 g/mol. The first-order valence-electron chi connectivity index (χ1n) is 11.1. The molecule has 1 heterocycles. The number of anilines is 2. The molecule has 10 nitrogen and oxygen atoms in total. The second kappa shape index (κ2) is 14.8. The molecule has 0 aliphatic carbocycles. The number of hydrogen-bond donors (Lipinski definition) is 5. The van der Waals surface area contributed by atoms with Crippen molar-refractivity contribution in [1.29, 1.82) is 0 Å². The van der Waals surface area contributed by atoms with Crippen LogP contribution >= 0.6 is 0 Å². The van der Waals surface area contributed by atoms with E-state index in [0.29, 0.717) is 41.9 Å². The Hall–Kier alpha value is -4.41. The van der Waals surface area contributed by atoms with Crippen molar-refractivity contribution in [2.45, 2.75) is 18.5 Å². The van der Waals surface area contributed by atoms with Gasteiger partial charge in [0, 0.05) is 37.6 Å². The van der Waals surface area contributed by atoms with E-state index in [1.165, 1.54) is 17.3 Å². The molecule has 1 saturated heterocycles. The second-order valence-corrected chi connectivity index (χ2v) is 7.71. The van der Waals surface area contributed by atoms with Crippen molar-refractivity contribution in [2.24, 2.45) is 16.5 Å². The maximum absolute atomic E-state index is 15.1. The topological polar surface area (TPSA) is 169 Å². The van der Waals surface area contributed by atoms with Gasteiger partial charge in [0.2, 0.25) is 5.91 Å². The second-order valence-electron chi connectivity index (χ2n) is 7.71. The monoisotopic (exact) mass is 499 g/mol. The minimum Gasteiger partial charge on any atom is -0.399 e. The molecule has 1 unspecified atom stereocenters. The molecule has 194 valence electrons. The van der Waals surface area contributed by atoms with E-state index in [4.69, 9.17) is 17.2 Å². The Morgan fingerprint density at radius 3 is 2.19 bits per heavy atom. The summed E-state index contributed by atoms with van der Waals surface area (Å²) in [6.45, 7) is 3.98. The Balaban J connectivity index is 0.000000360. The van der Waals surface area contributed by atoms with Gasteiger partial charge in [0.25, 0.3) is 5.91 Å². The fourth-order valence-corrected chi connectivity index (χ4v) is 3.34. The van der Waals surface area contributed by atoms with E-state index in [0.717, 1.165) is 0 Å². The number of halogens is 1. The number of benzene rings is 2. The van der Waals surface area contributed by atoms with E-state index in [2.05, 4.69) is 22.2 Å². The van der Waals surface area contributed by atoms with Gasteiger partial charge in [-0.15, -0.1) is 0 Å². The first-order valence-corrected chi connectivity index (χ1v) is 11.1. The van der Waals surface area contributed by atoms with Crippen molar-refractivity contribution in [1.82, 2.24) is 10.2 Å². The molecule has 2 aromatic rings. The number of primary amides is 1. The van der Waals surface area contributed by atoms with Crippen LogP contribution in [0.15, 0.2) is 66.2 Å². The summed E-state index contributed by atoms with van der Waals surface area (Å²) in [4.78, 5) is 38.2. The van der Waals surface area contributed by atoms with E-state index >= 15 is 4.39 Å². The number of carbonyl (C=O) groups is 3. The molecule has 0 radical (unpaired) electrons. The first kappa shape index (κ1) is 29.6. The number of likely N-dealkylation sites (tertiary alicyclic amines) is 1. The van der Waals surface area contributed by atoms with Crippen LogP contribution in [0.2, 0.25) is 0 Å². The van der Waals surface area contributed by atoms with E-state index < -0.39 is 11.7 Å². The average Bonchev–Trinajstić information content (AvgIpc) is 2.88. The summed E-state index contributed by atoms with van der Waals surface area (Å²) in [5.74, 6) is -0.353. The fourth-order valence-electron chi connectivity index (χ4n) is 3.34. The van der Waals surface area contributed by atoms with Crippen molar-refractivity contribution in [3.8, 4) is 0 Å². The van der Waals surface area contributed by atoms with Crippen LogP contribution in [-0.4, -0.2) is 56.3 Å². The summed E-state index contributed by atoms with van der Waals surface area (Å²) >= 11 is 0. The van der Waals surface area contributed by atoms with Crippen LogP contribution in [0.5, 0.6) is 0 Å². The van der Waals surface area contributed by atoms with Gasteiger partial charge in [0.15, 0.2) is 5.67 Å². The third-order valence-corrected chi connectivity index (χ3v) is 5.15. The molecule has 8 N–H and O–H groups in total. The van der Waals surface area contributed by atoms with Gasteiger partial charge < -0.3 is 32.7 Å². The number of carbonyl (C=O) groups excluding carboxylic acids is 3. The molecule has 0 bridgehead atoms. The van der Waals surface area contributed by atoms with Gasteiger partial charge in [0.05, 0.1) is 12.9 Å². The zero-order chi connectivity index (χ0) is 27.1. The maximum Gasteiger partial charge on any atom is 0.316 e. The molecule has 0 aromatic heterocycles. The van der Waals surface area contributed by atoms with E-state index in [9.17, 15) is 14.4 Å². The third kappa shape index (κ3) is 9.45. The summed E-state index contributed by atoms with van der Waals surface area (Å²) in [7, 11) is 3.22. The van der Waals surface area contributed by atoms with Crippen LogP contribution in [-0.2, 0) is 10.5 Å². The highest BCUT2D eigenvalue weighted by Gasteiger charge is 2.38. The largest absolute Gasteiger partial charge is 0.399 e. The third-order valence-electron chi connectivity index (χ3n) is 5.15. The van der Waals surface area contributed by atoms with Crippen molar-refractivity contribution in [2.75, 3.05) is 38.2 Å². The zero-order valence-electron chi connectivity index (χ0n) is 20.5. The molecule has 11 heteroatoms. The SMILES string of the molecule is C=CC(=O)N1CCCC(F)(c2ccc(NC(N)=O)cc2)C1.CN=CN.CNC(=O)c1ccc(N)cc1. The van der Waals surface area contributed by atoms with E-state index in [1.54, 1.807) is 62.6 Å². The number of alkyl halides is 1. The van der Waals surface area contributed by atoms with Crippen LogP contribution in [0.1, 0.15) is 28.8 Å². The Labute approximate surface area is 210 Å². The summed E-state index contributed by atoms with van der Waals surface area (Å²) in [6, 6.07) is 12.5. The summed E-state index contributed by atoms with van der Waals surface area (Å²) in [6.07, 6.45) is 3.40. The Bertz CT molecular complexity index is 1040. The number of rotatable bonds is 4. The number of hydrogen-bond acceptors (Lipinski definition) is 5. The number of nitrogens with two attached hydrogens (primary N) is 3. The Kier molecular flexibility index (Phi) is 12.1. The van der Waals surface area contributed by atoms with Crippen molar-refractivity contribution in [3.63, 3.8) is 0 Å². The zero-order valence-corrected chi connectivity index (χ0v) is 20.5. The molecule has 0 spiro atoms. The number of nitrogens with zero attached hydrogens (tertiary/aromatic N) is 2. The number of piperidine rings is 1. The highest BCUT2D eigenvalue weighted by atomic mass is 19.1. The molecule has 4 amide bonds. The van der Waals surface area contributed by atoms with Crippen LogP contribution in [0.4, 0.5) is 20.6 Å². The van der Waals surface area contributed by atoms with Gasteiger partial charge in [-0.1, -0.05) is 18.7 Å². The van der Waals surface area contributed by atoms with E-state index in [1.807, 2.05) is 0 Å². The van der Waals surface area contributed by atoms with Gasteiger partial charge in [-0.3, -0.25) is 14.6 Å². The highest BCUT2D eigenvalue weighted by molar-refractivity contribution is 5.94.